The highest BCUT2D eigenvalue weighted by Crippen LogP contribution is 2.27. The predicted octanol–water partition coefficient (Wildman–Crippen LogP) is 2.87. The van der Waals surface area contributed by atoms with E-state index in [9.17, 15) is 12.8 Å². The van der Waals surface area contributed by atoms with Crippen LogP contribution in [0.3, 0.4) is 0 Å². The largest absolute Gasteiger partial charge is 0.495 e. The standard InChI is InChI=1S/C13H12ClFN2O3S/c1-20-12-7-9(3-4-11(12)16)17-21(18,19)13-5-2-8(14)6-10(13)15/h2-7,17H,16H2,1H3. The quantitative estimate of drug-likeness (QED) is 0.845. The molecular formula is C13H12ClFN2O3S. The zero-order valence-corrected chi connectivity index (χ0v) is 12.5. The van der Waals surface area contributed by atoms with Gasteiger partial charge in [0.05, 0.1) is 18.5 Å². The van der Waals surface area contributed by atoms with E-state index in [0.717, 1.165) is 12.1 Å². The van der Waals surface area contributed by atoms with E-state index in [0.29, 0.717) is 11.4 Å². The molecule has 0 bridgehead atoms. The Balaban J connectivity index is 2.37. The van der Waals surface area contributed by atoms with Crippen LogP contribution in [0.5, 0.6) is 5.75 Å². The van der Waals surface area contributed by atoms with Crippen LogP contribution in [0, 0.1) is 5.82 Å². The molecule has 8 heteroatoms. The lowest BCUT2D eigenvalue weighted by Gasteiger charge is -2.11. The number of methoxy groups -OCH3 is 1. The third-order valence-corrected chi connectivity index (χ3v) is 4.32. The van der Waals surface area contributed by atoms with Gasteiger partial charge >= 0.3 is 0 Å². The van der Waals surface area contributed by atoms with Gasteiger partial charge in [-0.2, -0.15) is 0 Å². The molecule has 0 aliphatic rings. The molecule has 5 nitrogen and oxygen atoms in total. The van der Waals surface area contributed by atoms with E-state index < -0.39 is 20.7 Å². The van der Waals surface area contributed by atoms with Gasteiger partial charge in [0.15, 0.2) is 0 Å². The first kappa shape index (κ1) is 15.4. The highest BCUT2D eigenvalue weighted by Gasteiger charge is 2.19. The van der Waals surface area contributed by atoms with Gasteiger partial charge in [0, 0.05) is 11.1 Å². The van der Waals surface area contributed by atoms with E-state index >= 15 is 0 Å². The Hall–Kier alpha value is -1.99. The number of halogens is 2. The van der Waals surface area contributed by atoms with Gasteiger partial charge in [0.1, 0.15) is 16.5 Å². The van der Waals surface area contributed by atoms with Crippen LogP contribution in [0.4, 0.5) is 15.8 Å². The maximum absolute atomic E-state index is 13.7. The normalized spacial score (nSPS) is 11.2. The van der Waals surface area contributed by atoms with Crippen molar-refractivity contribution in [2.75, 3.05) is 17.6 Å². The number of hydrogen-bond acceptors (Lipinski definition) is 4. The summed E-state index contributed by atoms with van der Waals surface area (Å²) in [5.74, 6) is -0.621. The van der Waals surface area contributed by atoms with E-state index in [-0.39, 0.29) is 10.7 Å². The molecule has 3 N–H and O–H groups in total. The Labute approximate surface area is 126 Å². The van der Waals surface area contributed by atoms with Gasteiger partial charge < -0.3 is 10.5 Å². The van der Waals surface area contributed by atoms with Crippen LogP contribution in [-0.2, 0) is 10.0 Å². The molecule has 0 radical (unpaired) electrons. The zero-order valence-electron chi connectivity index (χ0n) is 10.9. The van der Waals surface area contributed by atoms with Crippen molar-refractivity contribution in [2.24, 2.45) is 0 Å². The van der Waals surface area contributed by atoms with Gasteiger partial charge in [-0.05, 0) is 30.3 Å². The van der Waals surface area contributed by atoms with Crippen molar-refractivity contribution in [1.82, 2.24) is 0 Å². The molecule has 0 saturated carbocycles. The molecule has 2 aromatic rings. The molecule has 0 saturated heterocycles. The summed E-state index contributed by atoms with van der Waals surface area (Å²) in [5, 5.41) is 0.112. The van der Waals surface area contributed by atoms with E-state index in [1.807, 2.05) is 0 Å². The first-order valence-electron chi connectivity index (χ1n) is 5.75. The lowest BCUT2D eigenvalue weighted by atomic mass is 10.2. The zero-order chi connectivity index (χ0) is 15.6. The van der Waals surface area contributed by atoms with Crippen LogP contribution >= 0.6 is 11.6 Å². The second-order valence-electron chi connectivity index (χ2n) is 4.14. The van der Waals surface area contributed by atoms with Crippen molar-refractivity contribution < 1.29 is 17.5 Å². The Kier molecular flexibility index (Phi) is 4.24. The Morgan fingerprint density at radius 2 is 1.95 bits per heavy atom. The topological polar surface area (TPSA) is 81.4 Å². The molecule has 112 valence electrons. The van der Waals surface area contributed by atoms with E-state index in [1.54, 1.807) is 0 Å². The number of nitrogens with two attached hydrogens (primary N) is 1. The number of nitrogen functional groups attached to an aromatic ring is 1. The molecule has 0 aromatic heterocycles. The van der Waals surface area contributed by atoms with Gasteiger partial charge in [-0.1, -0.05) is 11.6 Å². The monoisotopic (exact) mass is 330 g/mol. The lowest BCUT2D eigenvalue weighted by molar-refractivity contribution is 0.417. The summed E-state index contributed by atoms with van der Waals surface area (Å²) < 4.78 is 45.3. The van der Waals surface area contributed by atoms with Gasteiger partial charge in [-0.15, -0.1) is 0 Å². The summed E-state index contributed by atoms with van der Waals surface area (Å²) in [4.78, 5) is -0.498. The van der Waals surface area contributed by atoms with Crippen LogP contribution in [0.2, 0.25) is 5.02 Å². The molecule has 0 amide bonds. The highest BCUT2D eigenvalue weighted by molar-refractivity contribution is 7.92. The summed E-state index contributed by atoms with van der Waals surface area (Å²) in [6, 6.07) is 7.65. The summed E-state index contributed by atoms with van der Waals surface area (Å²) in [5.41, 5.74) is 6.20. The third kappa shape index (κ3) is 3.37. The van der Waals surface area contributed by atoms with Crippen LogP contribution in [0.15, 0.2) is 41.3 Å². The number of hydrogen-bond donors (Lipinski definition) is 2. The minimum absolute atomic E-state index is 0.112. The maximum Gasteiger partial charge on any atom is 0.264 e. The number of anilines is 2. The van der Waals surface area contributed by atoms with Crippen LogP contribution < -0.4 is 15.2 Å². The van der Waals surface area contributed by atoms with Crippen LogP contribution in [0.25, 0.3) is 0 Å². The van der Waals surface area contributed by atoms with E-state index in [4.69, 9.17) is 22.1 Å². The molecule has 0 aliphatic carbocycles. The Bertz CT molecular complexity index is 781. The first-order chi connectivity index (χ1) is 9.83. The molecule has 0 heterocycles. The minimum Gasteiger partial charge on any atom is -0.495 e. The average molecular weight is 331 g/mol. The van der Waals surface area contributed by atoms with Crippen molar-refractivity contribution >= 4 is 33.0 Å². The van der Waals surface area contributed by atoms with Crippen molar-refractivity contribution in [3.63, 3.8) is 0 Å². The number of nitrogens with one attached hydrogen (secondary N) is 1. The molecule has 0 fully saturated rings. The fourth-order valence-electron chi connectivity index (χ4n) is 1.68. The fraction of sp³-hybridized carbons (Fsp3) is 0.0769. The highest BCUT2D eigenvalue weighted by atomic mass is 35.5. The summed E-state index contributed by atoms with van der Waals surface area (Å²) >= 11 is 5.60. The SMILES string of the molecule is COc1cc(NS(=O)(=O)c2ccc(Cl)cc2F)ccc1N. The fourth-order valence-corrected chi connectivity index (χ4v) is 2.95. The average Bonchev–Trinajstić information content (AvgIpc) is 2.40. The van der Waals surface area contributed by atoms with Crippen molar-refractivity contribution in [2.45, 2.75) is 4.90 Å². The molecule has 2 rings (SSSR count). The van der Waals surface area contributed by atoms with Gasteiger partial charge in [-0.25, -0.2) is 12.8 Å². The third-order valence-electron chi connectivity index (χ3n) is 2.67. The van der Waals surface area contributed by atoms with Crippen LogP contribution in [-0.4, -0.2) is 15.5 Å². The smallest absolute Gasteiger partial charge is 0.264 e. The summed E-state index contributed by atoms with van der Waals surface area (Å²) in [6.45, 7) is 0. The summed E-state index contributed by atoms with van der Waals surface area (Å²) in [6.07, 6.45) is 0. The van der Waals surface area contributed by atoms with Gasteiger partial charge in [0.2, 0.25) is 0 Å². The number of benzene rings is 2. The van der Waals surface area contributed by atoms with Crippen molar-refractivity contribution in [3.8, 4) is 5.75 Å². The molecule has 2 aromatic carbocycles. The second kappa shape index (κ2) is 5.79. The summed E-state index contributed by atoms with van der Waals surface area (Å²) in [7, 11) is -2.67. The van der Waals surface area contributed by atoms with Crippen LogP contribution in [0.1, 0.15) is 0 Å². The Morgan fingerprint density at radius 3 is 2.57 bits per heavy atom. The maximum atomic E-state index is 13.7. The van der Waals surface area contributed by atoms with E-state index in [2.05, 4.69) is 4.72 Å². The van der Waals surface area contributed by atoms with Gasteiger partial charge in [-0.3, -0.25) is 4.72 Å². The molecular weight excluding hydrogens is 319 g/mol. The lowest BCUT2D eigenvalue weighted by Crippen LogP contribution is -2.14. The number of ether oxygens (including phenoxy) is 1. The predicted molar refractivity (Wildman–Crippen MR) is 79.6 cm³/mol. The molecule has 0 unspecified atom stereocenters. The second-order valence-corrected chi connectivity index (χ2v) is 6.22. The first-order valence-corrected chi connectivity index (χ1v) is 7.61. The molecule has 0 spiro atoms. The van der Waals surface area contributed by atoms with Gasteiger partial charge in [0.25, 0.3) is 10.0 Å². The van der Waals surface area contributed by atoms with Crippen molar-refractivity contribution in [1.29, 1.82) is 0 Å². The molecule has 0 aliphatic heterocycles. The number of sulfonamides is 1. The Morgan fingerprint density at radius 1 is 1.24 bits per heavy atom. The van der Waals surface area contributed by atoms with Crippen molar-refractivity contribution in [3.05, 3.63) is 47.2 Å². The number of rotatable bonds is 4. The van der Waals surface area contributed by atoms with E-state index in [1.165, 1.54) is 31.4 Å². The molecule has 21 heavy (non-hydrogen) atoms. The molecule has 0 atom stereocenters. The minimum atomic E-state index is -4.08.